The zero-order valence-corrected chi connectivity index (χ0v) is 9.91. The molecule has 1 heterocycles. The molecule has 0 saturated carbocycles. The molecule has 1 fully saturated rings. The first-order valence-corrected chi connectivity index (χ1v) is 6.03. The first kappa shape index (κ1) is 11.3. The molecule has 0 aliphatic carbocycles. The zero-order valence-electron chi connectivity index (χ0n) is 9.09. The summed E-state index contributed by atoms with van der Waals surface area (Å²) in [6.07, 6.45) is 0.318. The summed E-state index contributed by atoms with van der Waals surface area (Å²) in [7, 11) is 1.80. The van der Waals surface area contributed by atoms with Gasteiger partial charge in [0.25, 0.3) is 0 Å². The molecule has 1 saturated heterocycles. The Kier molecular flexibility index (Phi) is 4.07. The Balaban J connectivity index is 2.22. The Morgan fingerprint density at radius 2 is 2.08 bits per heavy atom. The second kappa shape index (κ2) is 4.67. The summed E-state index contributed by atoms with van der Waals surface area (Å²) in [5.41, 5.74) is 0.235. The van der Waals surface area contributed by atoms with Gasteiger partial charge in [0.1, 0.15) is 0 Å². The molecule has 2 nitrogen and oxygen atoms in total. The van der Waals surface area contributed by atoms with Crippen molar-refractivity contribution < 1.29 is 4.74 Å². The van der Waals surface area contributed by atoms with Crippen LogP contribution >= 0.6 is 11.8 Å². The quantitative estimate of drug-likeness (QED) is 0.752. The summed E-state index contributed by atoms with van der Waals surface area (Å²) in [6, 6.07) is 0.727. The molecular weight excluding hydrogens is 182 g/mol. The summed E-state index contributed by atoms with van der Waals surface area (Å²) in [4.78, 5) is 0. The molecule has 13 heavy (non-hydrogen) atoms. The third-order valence-corrected chi connectivity index (χ3v) is 3.76. The highest BCUT2D eigenvalue weighted by molar-refractivity contribution is 8.00. The van der Waals surface area contributed by atoms with Crippen LogP contribution in [0, 0.1) is 5.41 Å². The van der Waals surface area contributed by atoms with Gasteiger partial charge in [-0.05, 0) is 5.41 Å². The van der Waals surface area contributed by atoms with Crippen molar-refractivity contribution >= 4 is 11.8 Å². The van der Waals surface area contributed by atoms with Gasteiger partial charge in [0.15, 0.2) is 0 Å². The fraction of sp³-hybridized carbons (Fsp3) is 1.00. The molecule has 1 unspecified atom stereocenters. The molecule has 1 atom stereocenters. The number of methoxy groups -OCH3 is 1. The van der Waals surface area contributed by atoms with E-state index in [0.29, 0.717) is 6.10 Å². The lowest BCUT2D eigenvalue weighted by atomic mass is 9.89. The minimum absolute atomic E-state index is 0.235. The maximum Gasteiger partial charge on any atom is 0.0743 e. The molecule has 0 amide bonds. The Labute approximate surface area is 85.8 Å². The first-order chi connectivity index (χ1) is 6.04. The molecular formula is C10H21NOS. The number of nitrogens with one attached hydrogen (secondary N) is 1. The van der Waals surface area contributed by atoms with Gasteiger partial charge in [-0.2, -0.15) is 11.8 Å². The molecule has 1 N–H and O–H groups in total. The molecule has 0 bridgehead atoms. The molecule has 0 aromatic carbocycles. The lowest BCUT2D eigenvalue weighted by Gasteiger charge is -2.33. The first-order valence-electron chi connectivity index (χ1n) is 4.88. The average Bonchev–Trinajstić information content (AvgIpc) is 1.91. The number of rotatable bonds is 4. The third kappa shape index (κ3) is 3.49. The highest BCUT2D eigenvalue weighted by Crippen LogP contribution is 2.22. The van der Waals surface area contributed by atoms with Crippen LogP contribution in [0.15, 0.2) is 0 Å². The van der Waals surface area contributed by atoms with Crippen LogP contribution in [0.25, 0.3) is 0 Å². The molecule has 0 spiro atoms. The van der Waals surface area contributed by atoms with Crippen LogP contribution in [0.1, 0.15) is 20.8 Å². The molecule has 3 heteroatoms. The molecule has 1 aliphatic rings. The van der Waals surface area contributed by atoms with Crippen molar-refractivity contribution in [3.8, 4) is 0 Å². The van der Waals surface area contributed by atoms with Crippen LogP contribution in [0.2, 0.25) is 0 Å². The van der Waals surface area contributed by atoms with E-state index in [1.807, 2.05) is 11.8 Å². The Bertz CT molecular complexity index is 151. The van der Waals surface area contributed by atoms with Crippen LogP contribution in [-0.2, 0) is 4.74 Å². The highest BCUT2D eigenvalue weighted by atomic mass is 32.2. The summed E-state index contributed by atoms with van der Waals surface area (Å²) in [6.45, 7) is 7.64. The summed E-state index contributed by atoms with van der Waals surface area (Å²) in [5.74, 6) is 2.53. The van der Waals surface area contributed by atoms with E-state index < -0.39 is 0 Å². The van der Waals surface area contributed by atoms with Crippen molar-refractivity contribution in [2.45, 2.75) is 32.9 Å². The van der Waals surface area contributed by atoms with Crippen LogP contribution < -0.4 is 5.32 Å². The summed E-state index contributed by atoms with van der Waals surface area (Å²) in [5, 5.41) is 3.53. The lowest BCUT2D eigenvalue weighted by Crippen LogP contribution is -2.47. The van der Waals surface area contributed by atoms with Crippen LogP contribution in [0.5, 0.6) is 0 Å². The molecule has 1 rings (SSSR count). The van der Waals surface area contributed by atoms with Crippen LogP contribution in [0.4, 0.5) is 0 Å². The Hall–Kier alpha value is 0.270. The second-order valence-electron chi connectivity index (χ2n) is 4.73. The summed E-state index contributed by atoms with van der Waals surface area (Å²) < 4.78 is 5.46. The Morgan fingerprint density at radius 3 is 2.38 bits per heavy atom. The van der Waals surface area contributed by atoms with Crippen LogP contribution in [-0.4, -0.2) is 37.3 Å². The van der Waals surface area contributed by atoms with Crippen molar-refractivity contribution in [1.29, 1.82) is 0 Å². The topological polar surface area (TPSA) is 21.3 Å². The minimum Gasteiger partial charge on any atom is -0.380 e. The fourth-order valence-corrected chi connectivity index (χ4v) is 2.08. The molecule has 0 aromatic heterocycles. The van der Waals surface area contributed by atoms with Crippen molar-refractivity contribution in [1.82, 2.24) is 5.32 Å². The van der Waals surface area contributed by atoms with Gasteiger partial charge >= 0.3 is 0 Å². The SMILES string of the molecule is COC(CNC1CSC1)C(C)(C)C. The van der Waals surface area contributed by atoms with E-state index in [-0.39, 0.29) is 5.41 Å². The van der Waals surface area contributed by atoms with E-state index in [9.17, 15) is 0 Å². The largest absolute Gasteiger partial charge is 0.380 e. The van der Waals surface area contributed by atoms with Gasteiger partial charge in [-0.25, -0.2) is 0 Å². The number of thioether (sulfide) groups is 1. The standard InChI is InChI=1S/C10H21NOS/c1-10(2,3)9(12-4)5-11-8-6-13-7-8/h8-9,11H,5-7H2,1-4H3. The minimum atomic E-state index is 0.235. The van der Waals surface area contributed by atoms with Crippen molar-refractivity contribution in [2.75, 3.05) is 25.2 Å². The predicted molar refractivity (Wildman–Crippen MR) is 59.4 cm³/mol. The molecule has 78 valence electrons. The van der Waals surface area contributed by atoms with E-state index in [2.05, 4.69) is 26.1 Å². The zero-order chi connectivity index (χ0) is 9.90. The van der Waals surface area contributed by atoms with Crippen molar-refractivity contribution in [3.05, 3.63) is 0 Å². The second-order valence-corrected chi connectivity index (χ2v) is 5.81. The number of hydrogen-bond donors (Lipinski definition) is 1. The average molecular weight is 203 g/mol. The Morgan fingerprint density at radius 1 is 1.46 bits per heavy atom. The van der Waals surface area contributed by atoms with E-state index in [0.717, 1.165) is 12.6 Å². The van der Waals surface area contributed by atoms with E-state index >= 15 is 0 Å². The smallest absolute Gasteiger partial charge is 0.0743 e. The maximum absolute atomic E-state index is 5.46. The van der Waals surface area contributed by atoms with E-state index in [4.69, 9.17) is 4.74 Å². The third-order valence-electron chi connectivity index (χ3n) is 2.48. The highest BCUT2D eigenvalue weighted by Gasteiger charge is 2.26. The van der Waals surface area contributed by atoms with Gasteiger partial charge in [0, 0.05) is 31.2 Å². The van der Waals surface area contributed by atoms with Crippen LogP contribution in [0.3, 0.4) is 0 Å². The van der Waals surface area contributed by atoms with E-state index in [1.54, 1.807) is 7.11 Å². The van der Waals surface area contributed by atoms with Gasteiger partial charge in [-0.15, -0.1) is 0 Å². The normalized spacial score (nSPS) is 21.2. The van der Waals surface area contributed by atoms with Gasteiger partial charge in [0.2, 0.25) is 0 Å². The predicted octanol–water partition coefficient (Wildman–Crippen LogP) is 1.75. The number of hydrogen-bond acceptors (Lipinski definition) is 3. The van der Waals surface area contributed by atoms with Crippen molar-refractivity contribution in [2.24, 2.45) is 5.41 Å². The van der Waals surface area contributed by atoms with Gasteiger partial charge < -0.3 is 10.1 Å². The van der Waals surface area contributed by atoms with Gasteiger partial charge in [0.05, 0.1) is 6.10 Å². The maximum atomic E-state index is 5.46. The summed E-state index contributed by atoms with van der Waals surface area (Å²) >= 11 is 2.01. The van der Waals surface area contributed by atoms with E-state index in [1.165, 1.54) is 11.5 Å². The van der Waals surface area contributed by atoms with Crippen molar-refractivity contribution in [3.63, 3.8) is 0 Å². The monoisotopic (exact) mass is 203 g/mol. The van der Waals surface area contributed by atoms with Gasteiger partial charge in [-0.3, -0.25) is 0 Å². The van der Waals surface area contributed by atoms with Gasteiger partial charge in [-0.1, -0.05) is 20.8 Å². The molecule has 0 radical (unpaired) electrons. The fourth-order valence-electron chi connectivity index (χ4n) is 1.37. The molecule has 0 aromatic rings. The molecule has 1 aliphatic heterocycles. The lowest BCUT2D eigenvalue weighted by molar-refractivity contribution is 0.0163. The number of ether oxygens (including phenoxy) is 1.